The minimum Gasteiger partial charge on any atom is -0.324 e. The van der Waals surface area contributed by atoms with Gasteiger partial charge in [0.25, 0.3) is 0 Å². The minimum absolute atomic E-state index is 0.0674. The average Bonchev–Trinajstić information content (AvgIpc) is 2.86. The summed E-state index contributed by atoms with van der Waals surface area (Å²) in [5.41, 5.74) is 11.3. The lowest BCUT2D eigenvalue weighted by Gasteiger charge is -2.10. The highest BCUT2D eigenvalue weighted by atomic mass is 15.3. The molecule has 0 radical (unpaired) electrons. The first-order valence-electron chi connectivity index (χ1n) is 8.05. The van der Waals surface area contributed by atoms with Crippen LogP contribution in [0.5, 0.6) is 0 Å². The number of hydrogen-bond acceptors (Lipinski definition) is 2. The Morgan fingerprint density at radius 2 is 1.86 bits per heavy atom. The van der Waals surface area contributed by atoms with Crippen LogP contribution in [-0.4, -0.2) is 9.78 Å². The normalized spacial score (nSPS) is 12.6. The molecule has 0 fully saturated rings. The molecule has 0 bridgehead atoms. The Labute approximate surface area is 128 Å². The SMILES string of the molecule is CCc1nn(CCCc2ccccc2)c(CC)c1C(C)N. The van der Waals surface area contributed by atoms with Gasteiger partial charge >= 0.3 is 0 Å². The molecule has 21 heavy (non-hydrogen) atoms. The topological polar surface area (TPSA) is 43.8 Å². The summed E-state index contributed by atoms with van der Waals surface area (Å²) in [5.74, 6) is 0. The summed E-state index contributed by atoms with van der Waals surface area (Å²) < 4.78 is 2.18. The molecule has 2 rings (SSSR count). The summed E-state index contributed by atoms with van der Waals surface area (Å²) in [6.45, 7) is 7.37. The van der Waals surface area contributed by atoms with Gasteiger partial charge in [-0.25, -0.2) is 0 Å². The maximum atomic E-state index is 6.15. The van der Waals surface area contributed by atoms with Crippen molar-refractivity contribution in [1.82, 2.24) is 9.78 Å². The Kier molecular flexibility index (Phi) is 5.57. The maximum Gasteiger partial charge on any atom is 0.0672 e. The van der Waals surface area contributed by atoms with Crippen LogP contribution in [0.15, 0.2) is 30.3 Å². The first-order chi connectivity index (χ1) is 10.2. The lowest BCUT2D eigenvalue weighted by Crippen LogP contribution is -2.11. The van der Waals surface area contributed by atoms with Gasteiger partial charge in [-0.2, -0.15) is 5.10 Å². The van der Waals surface area contributed by atoms with E-state index in [2.05, 4.69) is 55.8 Å². The van der Waals surface area contributed by atoms with Crippen LogP contribution in [0.1, 0.15) is 55.7 Å². The number of rotatable bonds is 7. The lowest BCUT2D eigenvalue weighted by molar-refractivity contribution is 0.550. The van der Waals surface area contributed by atoms with E-state index in [9.17, 15) is 0 Å². The van der Waals surface area contributed by atoms with Crippen LogP contribution in [0.2, 0.25) is 0 Å². The number of benzene rings is 1. The van der Waals surface area contributed by atoms with Gasteiger partial charge in [-0.1, -0.05) is 44.2 Å². The van der Waals surface area contributed by atoms with Crippen molar-refractivity contribution in [3.8, 4) is 0 Å². The van der Waals surface area contributed by atoms with Gasteiger partial charge in [0, 0.05) is 23.8 Å². The van der Waals surface area contributed by atoms with Crippen molar-refractivity contribution in [2.24, 2.45) is 5.73 Å². The molecule has 1 heterocycles. The molecule has 2 aromatic rings. The molecular formula is C18H27N3. The molecule has 1 unspecified atom stereocenters. The van der Waals surface area contributed by atoms with Gasteiger partial charge in [0.05, 0.1) is 5.69 Å². The van der Waals surface area contributed by atoms with Crippen molar-refractivity contribution >= 4 is 0 Å². The highest BCUT2D eigenvalue weighted by molar-refractivity contribution is 5.29. The largest absolute Gasteiger partial charge is 0.324 e. The summed E-state index contributed by atoms with van der Waals surface area (Å²) in [7, 11) is 0. The van der Waals surface area contributed by atoms with Crippen molar-refractivity contribution in [3.63, 3.8) is 0 Å². The smallest absolute Gasteiger partial charge is 0.0672 e. The fourth-order valence-electron chi connectivity index (χ4n) is 2.99. The highest BCUT2D eigenvalue weighted by Gasteiger charge is 2.17. The monoisotopic (exact) mass is 285 g/mol. The van der Waals surface area contributed by atoms with Gasteiger partial charge in [-0.3, -0.25) is 4.68 Å². The molecule has 0 aliphatic rings. The van der Waals surface area contributed by atoms with Crippen LogP contribution in [0.4, 0.5) is 0 Å². The predicted molar refractivity (Wildman–Crippen MR) is 88.3 cm³/mol. The van der Waals surface area contributed by atoms with E-state index in [1.165, 1.54) is 22.5 Å². The number of hydrogen-bond donors (Lipinski definition) is 1. The van der Waals surface area contributed by atoms with Crippen LogP contribution in [0.3, 0.4) is 0 Å². The summed E-state index contributed by atoms with van der Waals surface area (Å²) in [6, 6.07) is 10.7. The first-order valence-corrected chi connectivity index (χ1v) is 8.05. The van der Waals surface area contributed by atoms with Gasteiger partial charge in [-0.15, -0.1) is 0 Å². The minimum atomic E-state index is 0.0674. The van der Waals surface area contributed by atoms with Crippen molar-refractivity contribution in [3.05, 3.63) is 52.8 Å². The standard InChI is InChI=1S/C18H27N3/c1-4-16-18(14(3)19)17(5-2)21(20-16)13-9-12-15-10-7-6-8-11-15/h6-8,10-11,14H,4-5,9,12-13,19H2,1-3H3. The van der Waals surface area contributed by atoms with E-state index in [0.717, 1.165) is 32.2 Å². The molecule has 0 spiro atoms. The van der Waals surface area contributed by atoms with E-state index in [1.54, 1.807) is 0 Å². The molecule has 0 aliphatic heterocycles. The fraction of sp³-hybridized carbons (Fsp3) is 0.500. The van der Waals surface area contributed by atoms with Crippen molar-refractivity contribution in [2.45, 2.75) is 59.0 Å². The van der Waals surface area contributed by atoms with E-state index in [1.807, 2.05) is 0 Å². The second-order valence-electron chi connectivity index (χ2n) is 5.62. The third-order valence-corrected chi connectivity index (χ3v) is 3.98. The zero-order chi connectivity index (χ0) is 15.2. The van der Waals surface area contributed by atoms with Crippen molar-refractivity contribution < 1.29 is 0 Å². The van der Waals surface area contributed by atoms with Crippen LogP contribution < -0.4 is 5.73 Å². The van der Waals surface area contributed by atoms with Crippen LogP contribution in [0, 0.1) is 0 Å². The summed E-state index contributed by atoms with van der Waals surface area (Å²) in [4.78, 5) is 0. The number of aryl methyl sites for hydroxylation is 3. The van der Waals surface area contributed by atoms with E-state index < -0.39 is 0 Å². The van der Waals surface area contributed by atoms with Crippen LogP contribution in [-0.2, 0) is 25.8 Å². The van der Waals surface area contributed by atoms with Crippen molar-refractivity contribution in [2.75, 3.05) is 0 Å². The molecule has 3 heteroatoms. The zero-order valence-corrected chi connectivity index (χ0v) is 13.5. The summed E-state index contributed by atoms with van der Waals surface area (Å²) in [5, 5.41) is 4.79. The third kappa shape index (κ3) is 3.73. The predicted octanol–water partition coefficient (Wildman–Crippen LogP) is 3.66. The van der Waals surface area contributed by atoms with E-state index in [0.29, 0.717) is 0 Å². The lowest BCUT2D eigenvalue weighted by atomic mass is 10.0. The fourth-order valence-corrected chi connectivity index (χ4v) is 2.99. The van der Waals surface area contributed by atoms with Crippen LogP contribution >= 0.6 is 0 Å². The molecule has 0 amide bonds. The molecular weight excluding hydrogens is 258 g/mol. The second kappa shape index (κ2) is 7.41. The molecule has 1 aromatic heterocycles. The highest BCUT2D eigenvalue weighted by Crippen LogP contribution is 2.22. The molecule has 0 saturated heterocycles. The van der Waals surface area contributed by atoms with Gasteiger partial charge in [0.15, 0.2) is 0 Å². The molecule has 2 N–H and O–H groups in total. The number of nitrogens with zero attached hydrogens (tertiary/aromatic N) is 2. The summed E-state index contributed by atoms with van der Waals surface area (Å²) in [6.07, 6.45) is 4.16. The molecule has 3 nitrogen and oxygen atoms in total. The molecule has 0 saturated carbocycles. The van der Waals surface area contributed by atoms with Gasteiger partial charge in [0.1, 0.15) is 0 Å². The maximum absolute atomic E-state index is 6.15. The quantitative estimate of drug-likeness (QED) is 0.843. The van der Waals surface area contributed by atoms with E-state index in [-0.39, 0.29) is 6.04 Å². The van der Waals surface area contributed by atoms with Gasteiger partial charge in [-0.05, 0) is 38.2 Å². The Morgan fingerprint density at radius 1 is 1.14 bits per heavy atom. The average molecular weight is 285 g/mol. The molecule has 1 atom stereocenters. The van der Waals surface area contributed by atoms with Gasteiger partial charge < -0.3 is 5.73 Å². The summed E-state index contributed by atoms with van der Waals surface area (Å²) >= 11 is 0. The Morgan fingerprint density at radius 3 is 2.43 bits per heavy atom. The Balaban J connectivity index is 2.09. The zero-order valence-electron chi connectivity index (χ0n) is 13.5. The molecule has 0 aliphatic carbocycles. The van der Waals surface area contributed by atoms with Crippen LogP contribution in [0.25, 0.3) is 0 Å². The first kappa shape index (κ1) is 15.8. The Hall–Kier alpha value is -1.61. The van der Waals surface area contributed by atoms with Gasteiger partial charge in [0.2, 0.25) is 0 Å². The molecule has 1 aromatic carbocycles. The van der Waals surface area contributed by atoms with E-state index >= 15 is 0 Å². The third-order valence-electron chi connectivity index (χ3n) is 3.98. The van der Waals surface area contributed by atoms with Crippen molar-refractivity contribution in [1.29, 1.82) is 0 Å². The molecule has 114 valence electrons. The second-order valence-corrected chi connectivity index (χ2v) is 5.62. The Bertz CT molecular complexity index is 555. The van der Waals surface area contributed by atoms with E-state index in [4.69, 9.17) is 10.8 Å². The number of nitrogens with two attached hydrogens (primary N) is 1. The number of aromatic nitrogens is 2.